The Morgan fingerprint density at radius 1 is 1.00 bits per heavy atom. The van der Waals surface area contributed by atoms with Gasteiger partial charge in [0.15, 0.2) is 0 Å². The lowest BCUT2D eigenvalue weighted by Gasteiger charge is -2.12. The van der Waals surface area contributed by atoms with Crippen LogP contribution in [0.1, 0.15) is 15.9 Å². The van der Waals surface area contributed by atoms with Crippen molar-refractivity contribution in [2.75, 3.05) is 5.32 Å². The number of hydrogen-bond acceptors (Lipinski definition) is 4. The van der Waals surface area contributed by atoms with Crippen LogP contribution in [0, 0.1) is 0 Å². The first-order chi connectivity index (χ1) is 16.0. The third kappa shape index (κ3) is 3.65. The van der Waals surface area contributed by atoms with Gasteiger partial charge in [-0.1, -0.05) is 41.4 Å². The van der Waals surface area contributed by atoms with Crippen molar-refractivity contribution >= 4 is 56.6 Å². The first-order valence-corrected chi connectivity index (χ1v) is 10.8. The van der Waals surface area contributed by atoms with E-state index >= 15 is 0 Å². The third-order valence-corrected chi connectivity index (χ3v) is 6.17. The molecule has 33 heavy (non-hydrogen) atoms. The Hall–Kier alpha value is -3.68. The van der Waals surface area contributed by atoms with E-state index in [2.05, 4.69) is 15.3 Å². The quantitative estimate of drug-likeness (QED) is 0.399. The lowest BCUT2D eigenvalue weighted by molar-refractivity contribution is 0.102. The standard InChI is InChI=1S/C24H17Cl2N5O2/c1-30-22-15-4-2-7-19(29-23(32)20-17(25)5-3-6-18(20)26)21(15)28-12-16(22)24(33)31(30)13-14-8-10-27-11-9-14/h2-12H,13H2,1H3,(H,29,32). The summed E-state index contributed by atoms with van der Waals surface area (Å²) in [7, 11) is 1.83. The van der Waals surface area contributed by atoms with E-state index in [9.17, 15) is 9.59 Å². The van der Waals surface area contributed by atoms with Crippen LogP contribution in [0.15, 0.2) is 71.9 Å². The second-order valence-corrected chi connectivity index (χ2v) is 8.33. The Kier molecular flexibility index (Phi) is 5.36. The molecule has 5 rings (SSSR count). The minimum absolute atomic E-state index is 0.143. The molecule has 0 aliphatic carbocycles. The van der Waals surface area contributed by atoms with Gasteiger partial charge >= 0.3 is 0 Å². The van der Waals surface area contributed by atoms with Gasteiger partial charge in [0.05, 0.1) is 44.3 Å². The van der Waals surface area contributed by atoms with Crippen LogP contribution in [-0.2, 0) is 13.6 Å². The van der Waals surface area contributed by atoms with Gasteiger partial charge in [0, 0.05) is 31.0 Å². The molecule has 2 aromatic carbocycles. The summed E-state index contributed by atoms with van der Waals surface area (Å²) in [5, 5.41) is 4.60. The van der Waals surface area contributed by atoms with Crippen LogP contribution in [0.2, 0.25) is 10.0 Å². The van der Waals surface area contributed by atoms with Crippen molar-refractivity contribution in [3.63, 3.8) is 0 Å². The van der Waals surface area contributed by atoms with Crippen molar-refractivity contribution in [3.05, 3.63) is 98.6 Å². The monoisotopic (exact) mass is 477 g/mol. The molecular formula is C24H17Cl2N5O2. The van der Waals surface area contributed by atoms with Gasteiger partial charge in [-0.2, -0.15) is 0 Å². The van der Waals surface area contributed by atoms with Crippen molar-refractivity contribution in [1.82, 2.24) is 19.3 Å². The Morgan fingerprint density at radius 3 is 2.42 bits per heavy atom. The van der Waals surface area contributed by atoms with Crippen LogP contribution < -0.4 is 10.9 Å². The number of para-hydroxylation sites is 1. The first kappa shape index (κ1) is 21.2. The van der Waals surface area contributed by atoms with Gasteiger partial charge in [-0.25, -0.2) is 4.68 Å². The topological polar surface area (TPSA) is 81.8 Å². The Bertz CT molecular complexity index is 1570. The second kappa shape index (κ2) is 8.35. The van der Waals surface area contributed by atoms with E-state index in [4.69, 9.17) is 23.2 Å². The van der Waals surface area contributed by atoms with Crippen LogP contribution in [0.4, 0.5) is 5.69 Å². The lowest BCUT2D eigenvalue weighted by atomic mass is 10.1. The summed E-state index contributed by atoms with van der Waals surface area (Å²) in [5.74, 6) is -0.441. The molecule has 0 spiro atoms. The zero-order valence-corrected chi connectivity index (χ0v) is 18.9. The molecule has 5 aromatic rings. The van der Waals surface area contributed by atoms with Crippen LogP contribution >= 0.6 is 23.2 Å². The van der Waals surface area contributed by atoms with Crippen molar-refractivity contribution < 1.29 is 4.79 Å². The molecule has 0 aliphatic heterocycles. The molecule has 0 saturated carbocycles. The number of benzene rings is 2. The number of anilines is 1. The van der Waals surface area contributed by atoms with Gasteiger partial charge in [-0.05, 0) is 35.9 Å². The van der Waals surface area contributed by atoms with Crippen LogP contribution in [0.5, 0.6) is 0 Å². The highest BCUT2D eigenvalue weighted by molar-refractivity contribution is 6.40. The highest BCUT2D eigenvalue weighted by atomic mass is 35.5. The molecule has 3 heterocycles. The van der Waals surface area contributed by atoms with Gasteiger partial charge < -0.3 is 5.32 Å². The predicted octanol–water partition coefficient (Wildman–Crippen LogP) is 4.89. The number of halogens is 2. The number of carbonyl (C=O) groups excluding carboxylic acids is 1. The summed E-state index contributed by atoms with van der Waals surface area (Å²) in [4.78, 5) is 34.6. The number of fused-ring (bicyclic) bond motifs is 3. The number of nitrogens with zero attached hydrogens (tertiary/aromatic N) is 4. The minimum atomic E-state index is -0.441. The summed E-state index contributed by atoms with van der Waals surface area (Å²) < 4.78 is 3.47. The molecule has 9 heteroatoms. The maximum absolute atomic E-state index is 13.1. The summed E-state index contributed by atoms with van der Waals surface area (Å²) in [6, 6.07) is 14.0. The lowest BCUT2D eigenvalue weighted by Crippen LogP contribution is -2.22. The largest absolute Gasteiger partial charge is 0.320 e. The number of aromatic nitrogens is 4. The van der Waals surface area contributed by atoms with E-state index in [0.717, 1.165) is 16.5 Å². The van der Waals surface area contributed by atoms with E-state index < -0.39 is 5.91 Å². The number of hydrogen-bond donors (Lipinski definition) is 1. The Morgan fingerprint density at radius 2 is 1.70 bits per heavy atom. The SMILES string of the molecule is Cn1c2c(cnc3c(NC(=O)c4c(Cl)cccc4Cl)cccc32)c(=O)n1Cc1ccncc1. The molecule has 0 aliphatic rings. The van der Waals surface area contributed by atoms with Crippen molar-refractivity contribution in [2.45, 2.75) is 6.54 Å². The maximum atomic E-state index is 13.1. The smallest absolute Gasteiger partial charge is 0.276 e. The van der Waals surface area contributed by atoms with Crippen LogP contribution in [-0.4, -0.2) is 25.2 Å². The van der Waals surface area contributed by atoms with E-state index in [0.29, 0.717) is 23.1 Å². The third-order valence-electron chi connectivity index (χ3n) is 5.54. The molecule has 7 nitrogen and oxygen atoms in total. The maximum Gasteiger partial charge on any atom is 0.276 e. The number of nitrogens with one attached hydrogen (secondary N) is 1. The molecule has 0 atom stereocenters. The fraction of sp³-hybridized carbons (Fsp3) is 0.0833. The molecule has 0 fully saturated rings. The average Bonchev–Trinajstić information content (AvgIpc) is 3.05. The molecule has 3 aromatic heterocycles. The molecule has 0 radical (unpaired) electrons. The van der Waals surface area contributed by atoms with Gasteiger partial charge in [-0.3, -0.25) is 24.2 Å². The number of pyridine rings is 2. The number of rotatable bonds is 4. The van der Waals surface area contributed by atoms with Crippen molar-refractivity contribution in [2.24, 2.45) is 7.05 Å². The van der Waals surface area contributed by atoms with Crippen LogP contribution in [0.3, 0.4) is 0 Å². The average molecular weight is 478 g/mol. The van der Waals surface area contributed by atoms with E-state index in [1.54, 1.807) is 53.6 Å². The molecule has 164 valence electrons. The fourth-order valence-corrected chi connectivity index (χ4v) is 4.52. The number of amides is 1. The van der Waals surface area contributed by atoms with Gasteiger partial charge in [0.25, 0.3) is 11.5 Å². The van der Waals surface area contributed by atoms with Gasteiger partial charge in [0.2, 0.25) is 0 Å². The van der Waals surface area contributed by atoms with Crippen LogP contribution in [0.25, 0.3) is 21.8 Å². The normalized spacial score (nSPS) is 11.2. The fourth-order valence-electron chi connectivity index (χ4n) is 3.95. The summed E-state index contributed by atoms with van der Waals surface area (Å²) in [6.45, 7) is 0.398. The van der Waals surface area contributed by atoms with Crippen molar-refractivity contribution in [1.29, 1.82) is 0 Å². The van der Waals surface area contributed by atoms with Gasteiger partial charge in [0.1, 0.15) is 0 Å². The first-order valence-electron chi connectivity index (χ1n) is 10.1. The zero-order chi connectivity index (χ0) is 23.1. The molecule has 0 saturated heterocycles. The Balaban J connectivity index is 1.62. The highest BCUT2D eigenvalue weighted by Gasteiger charge is 2.19. The van der Waals surface area contributed by atoms with E-state index in [1.807, 2.05) is 29.9 Å². The molecule has 1 N–H and O–H groups in total. The summed E-state index contributed by atoms with van der Waals surface area (Å²) in [5.41, 5.74) is 2.78. The highest BCUT2D eigenvalue weighted by Crippen LogP contribution is 2.30. The minimum Gasteiger partial charge on any atom is -0.320 e. The van der Waals surface area contributed by atoms with E-state index in [1.165, 1.54) is 0 Å². The Labute approximate surface area is 198 Å². The zero-order valence-electron chi connectivity index (χ0n) is 17.4. The molecular weight excluding hydrogens is 461 g/mol. The number of carbonyl (C=O) groups is 1. The predicted molar refractivity (Wildman–Crippen MR) is 130 cm³/mol. The number of aryl methyl sites for hydroxylation is 1. The second-order valence-electron chi connectivity index (χ2n) is 7.51. The summed E-state index contributed by atoms with van der Waals surface area (Å²) >= 11 is 12.4. The van der Waals surface area contributed by atoms with Gasteiger partial charge in [-0.15, -0.1) is 0 Å². The summed E-state index contributed by atoms with van der Waals surface area (Å²) in [6.07, 6.45) is 4.93. The molecule has 0 bridgehead atoms. The van der Waals surface area contributed by atoms with Crippen molar-refractivity contribution in [3.8, 4) is 0 Å². The molecule has 0 unspecified atom stereocenters. The molecule has 1 amide bonds. The van der Waals surface area contributed by atoms with E-state index in [-0.39, 0.29) is 21.2 Å².